The van der Waals surface area contributed by atoms with Crippen molar-refractivity contribution in [2.24, 2.45) is 5.92 Å². The van der Waals surface area contributed by atoms with Crippen LogP contribution in [-0.2, 0) is 22.7 Å². The molecule has 3 N–H and O–H groups in total. The number of aliphatic hydroxyl groups is 1. The lowest BCUT2D eigenvalue weighted by Gasteiger charge is -2.41. The standard InChI is InChI=1S/C26H31N3O4/c30-23-9-8-22(24(31)28-23)29-16-18-14-17(6-7-21(18)25(29)32)15-27-20-10-12-26(33,13-11-20)19-4-2-1-3-5-19/h1-4,6-7,14,19-20,22,27,33H,5,8-13,15-16H2,(H,28,30,31)/t19?,20-,22?,26-. The number of fused-ring (bicyclic) bond motifs is 1. The number of imide groups is 1. The van der Waals surface area contributed by atoms with Crippen molar-refractivity contribution in [3.8, 4) is 0 Å². The summed E-state index contributed by atoms with van der Waals surface area (Å²) >= 11 is 0. The molecule has 2 aliphatic heterocycles. The zero-order valence-electron chi connectivity index (χ0n) is 18.8. The first-order valence-electron chi connectivity index (χ1n) is 12.0. The number of hydrogen-bond donors (Lipinski definition) is 3. The van der Waals surface area contributed by atoms with Gasteiger partial charge in [0.2, 0.25) is 11.8 Å². The van der Waals surface area contributed by atoms with Crippen LogP contribution in [0.25, 0.3) is 0 Å². The Balaban J connectivity index is 1.16. The average Bonchev–Trinajstić information content (AvgIpc) is 3.15. The molecule has 2 fully saturated rings. The molecular formula is C26H31N3O4. The van der Waals surface area contributed by atoms with Crippen molar-refractivity contribution < 1.29 is 19.5 Å². The maximum absolute atomic E-state index is 12.8. The van der Waals surface area contributed by atoms with E-state index in [9.17, 15) is 19.5 Å². The molecule has 2 aliphatic carbocycles. The molecule has 2 heterocycles. The number of rotatable bonds is 5. The van der Waals surface area contributed by atoms with Crippen LogP contribution in [0.5, 0.6) is 0 Å². The molecule has 7 nitrogen and oxygen atoms in total. The lowest BCUT2D eigenvalue weighted by Crippen LogP contribution is -2.52. The van der Waals surface area contributed by atoms with Crippen molar-refractivity contribution in [2.75, 3.05) is 0 Å². The monoisotopic (exact) mass is 449 g/mol. The Bertz CT molecular complexity index is 1020. The van der Waals surface area contributed by atoms with Crippen LogP contribution in [0.1, 0.15) is 66.4 Å². The molecule has 0 bridgehead atoms. The van der Waals surface area contributed by atoms with Gasteiger partial charge in [-0.25, -0.2) is 0 Å². The minimum atomic E-state index is -0.604. The van der Waals surface area contributed by atoms with E-state index in [1.807, 2.05) is 30.4 Å². The van der Waals surface area contributed by atoms with E-state index in [2.05, 4.69) is 22.8 Å². The number of allylic oxidation sites excluding steroid dienone is 3. The smallest absolute Gasteiger partial charge is 0.255 e. The van der Waals surface area contributed by atoms with E-state index < -0.39 is 11.6 Å². The van der Waals surface area contributed by atoms with Crippen LogP contribution >= 0.6 is 0 Å². The Morgan fingerprint density at radius 1 is 1.12 bits per heavy atom. The van der Waals surface area contributed by atoms with Crippen LogP contribution in [0.2, 0.25) is 0 Å². The number of carbonyl (C=O) groups is 3. The van der Waals surface area contributed by atoms with E-state index in [1.54, 1.807) is 4.90 Å². The highest BCUT2D eigenvalue weighted by molar-refractivity contribution is 6.05. The van der Waals surface area contributed by atoms with Gasteiger partial charge in [-0.05, 0) is 55.7 Å². The summed E-state index contributed by atoms with van der Waals surface area (Å²) in [5, 5.41) is 17.1. The second-order valence-electron chi connectivity index (χ2n) is 9.81. The normalized spacial score (nSPS) is 31.6. The molecule has 33 heavy (non-hydrogen) atoms. The van der Waals surface area contributed by atoms with Gasteiger partial charge in [0.1, 0.15) is 6.04 Å². The quantitative estimate of drug-likeness (QED) is 0.600. The van der Waals surface area contributed by atoms with Crippen LogP contribution in [-0.4, -0.2) is 45.4 Å². The van der Waals surface area contributed by atoms with Crippen molar-refractivity contribution in [2.45, 2.75) is 75.7 Å². The fraction of sp³-hybridized carbons (Fsp3) is 0.500. The van der Waals surface area contributed by atoms with E-state index >= 15 is 0 Å². The molecule has 0 spiro atoms. The third-order valence-electron chi connectivity index (χ3n) is 7.71. The SMILES string of the molecule is O=C1CCC(N2Cc3cc(CN[C@H]4CC[C@@](O)(C5C=CC=CC5)CC4)ccc3C2=O)C(=O)N1. The Morgan fingerprint density at radius 2 is 1.94 bits per heavy atom. The van der Waals surface area contributed by atoms with Gasteiger partial charge < -0.3 is 15.3 Å². The first kappa shape index (κ1) is 22.0. The second-order valence-corrected chi connectivity index (χ2v) is 9.81. The maximum atomic E-state index is 12.8. The minimum absolute atomic E-state index is 0.141. The van der Waals surface area contributed by atoms with Crippen molar-refractivity contribution in [1.29, 1.82) is 0 Å². The minimum Gasteiger partial charge on any atom is -0.389 e. The molecule has 3 amide bonds. The van der Waals surface area contributed by atoms with Gasteiger partial charge in [-0.1, -0.05) is 36.4 Å². The molecule has 4 aliphatic rings. The van der Waals surface area contributed by atoms with E-state index in [0.717, 1.165) is 43.2 Å². The molecule has 7 heteroatoms. The number of piperidine rings is 1. The summed E-state index contributed by atoms with van der Waals surface area (Å²) in [6.45, 7) is 1.10. The zero-order chi connectivity index (χ0) is 23.0. The third kappa shape index (κ3) is 4.39. The van der Waals surface area contributed by atoms with Crippen molar-refractivity contribution >= 4 is 17.7 Å². The summed E-state index contributed by atoms with van der Waals surface area (Å²) < 4.78 is 0. The molecule has 2 unspecified atom stereocenters. The number of carbonyl (C=O) groups excluding carboxylic acids is 3. The van der Waals surface area contributed by atoms with Crippen LogP contribution in [0, 0.1) is 5.92 Å². The number of hydrogen-bond acceptors (Lipinski definition) is 5. The van der Waals surface area contributed by atoms with E-state index in [0.29, 0.717) is 31.1 Å². The molecule has 2 atom stereocenters. The molecule has 174 valence electrons. The molecule has 1 saturated carbocycles. The number of nitrogens with zero attached hydrogens (tertiary/aromatic N) is 1. The molecule has 5 rings (SSSR count). The lowest BCUT2D eigenvalue weighted by molar-refractivity contribution is -0.136. The van der Waals surface area contributed by atoms with Crippen LogP contribution in [0.3, 0.4) is 0 Å². The van der Waals surface area contributed by atoms with Gasteiger partial charge in [0.25, 0.3) is 5.91 Å². The average molecular weight is 450 g/mol. The van der Waals surface area contributed by atoms with Crippen LogP contribution in [0.4, 0.5) is 0 Å². The predicted octanol–water partition coefficient (Wildman–Crippen LogP) is 2.34. The van der Waals surface area contributed by atoms with E-state index in [4.69, 9.17) is 0 Å². The third-order valence-corrected chi connectivity index (χ3v) is 7.71. The highest BCUT2D eigenvalue weighted by Crippen LogP contribution is 2.38. The van der Waals surface area contributed by atoms with E-state index in [1.165, 1.54) is 0 Å². The first-order valence-corrected chi connectivity index (χ1v) is 12.0. The Kier molecular flexibility index (Phi) is 5.93. The summed E-state index contributed by atoms with van der Waals surface area (Å²) in [5.74, 6) is -0.588. The number of benzene rings is 1. The maximum Gasteiger partial charge on any atom is 0.255 e. The molecule has 1 saturated heterocycles. The summed E-state index contributed by atoms with van der Waals surface area (Å²) in [4.78, 5) is 38.1. The fourth-order valence-corrected chi connectivity index (χ4v) is 5.67. The summed E-state index contributed by atoms with van der Waals surface area (Å²) in [6, 6.07) is 5.65. The van der Waals surface area contributed by atoms with Gasteiger partial charge in [0.05, 0.1) is 5.60 Å². The Hall–Kier alpha value is -2.77. The fourth-order valence-electron chi connectivity index (χ4n) is 5.67. The summed E-state index contributed by atoms with van der Waals surface area (Å²) in [5.41, 5.74) is 2.07. The topological polar surface area (TPSA) is 98.7 Å². The second kappa shape index (κ2) is 8.88. The zero-order valence-corrected chi connectivity index (χ0v) is 18.8. The van der Waals surface area contributed by atoms with Crippen LogP contribution < -0.4 is 10.6 Å². The van der Waals surface area contributed by atoms with Gasteiger partial charge in [-0.3, -0.25) is 19.7 Å². The summed E-state index contributed by atoms with van der Waals surface area (Å²) in [6.07, 6.45) is 13.4. The Labute approximate surface area is 193 Å². The first-order chi connectivity index (χ1) is 15.9. The van der Waals surface area contributed by atoms with E-state index in [-0.39, 0.29) is 30.1 Å². The highest BCUT2D eigenvalue weighted by atomic mass is 16.3. The molecule has 0 radical (unpaired) electrons. The lowest BCUT2D eigenvalue weighted by atomic mass is 9.72. The number of amides is 3. The highest BCUT2D eigenvalue weighted by Gasteiger charge is 2.40. The van der Waals surface area contributed by atoms with Gasteiger partial charge in [0, 0.05) is 37.0 Å². The van der Waals surface area contributed by atoms with Gasteiger partial charge in [-0.15, -0.1) is 0 Å². The van der Waals surface area contributed by atoms with Gasteiger partial charge in [-0.2, -0.15) is 0 Å². The van der Waals surface area contributed by atoms with Crippen molar-refractivity contribution in [3.63, 3.8) is 0 Å². The Morgan fingerprint density at radius 3 is 2.67 bits per heavy atom. The van der Waals surface area contributed by atoms with Gasteiger partial charge >= 0.3 is 0 Å². The molecule has 0 aromatic heterocycles. The van der Waals surface area contributed by atoms with Gasteiger partial charge in [0.15, 0.2) is 0 Å². The predicted molar refractivity (Wildman–Crippen MR) is 123 cm³/mol. The largest absolute Gasteiger partial charge is 0.389 e. The van der Waals surface area contributed by atoms with Crippen LogP contribution in [0.15, 0.2) is 42.5 Å². The van der Waals surface area contributed by atoms with Crippen molar-refractivity contribution in [1.82, 2.24) is 15.5 Å². The molecular weight excluding hydrogens is 418 g/mol. The number of nitrogens with one attached hydrogen (secondary N) is 2. The van der Waals surface area contributed by atoms with Crippen molar-refractivity contribution in [3.05, 3.63) is 59.2 Å². The molecule has 1 aromatic rings. The molecule has 1 aromatic carbocycles. The summed E-state index contributed by atoms with van der Waals surface area (Å²) in [7, 11) is 0.